The fourth-order valence-electron chi connectivity index (χ4n) is 2.92. The first-order valence-electron chi connectivity index (χ1n) is 9.39. The summed E-state index contributed by atoms with van der Waals surface area (Å²) in [6, 6.07) is 6.75. The van der Waals surface area contributed by atoms with E-state index in [0.717, 1.165) is 17.9 Å². The molecule has 1 unspecified atom stereocenters. The lowest BCUT2D eigenvalue weighted by atomic mass is 10.2. The van der Waals surface area contributed by atoms with E-state index < -0.39 is 6.61 Å². The number of nitrogens with one attached hydrogen (secondary N) is 2. The lowest BCUT2D eigenvalue weighted by molar-refractivity contribution is -0.0504. The maximum Gasteiger partial charge on any atom is 0.387 e. The lowest BCUT2D eigenvalue weighted by Gasteiger charge is -2.18. The zero-order valence-electron chi connectivity index (χ0n) is 17.5. The number of nitrogens with zero attached hydrogens (tertiary/aromatic N) is 3. The predicted molar refractivity (Wildman–Crippen MR) is 109 cm³/mol. The van der Waals surface area contributed by atoms with Crippen molar-refractivity contribution in [3.05, 3.63) is 41.2 Å². The van der Waals surface area contributed by atoms with Gasteiger partial charge in [-0.1, -0.05) is 6.92 Å². The van der Waals surface area contributed by atoms with Gasteiger partial charge in [-0.2, -0.15) is 13.9 Å². The van der Waals surface area contributed by atoms with Gasteiger partial charge in [0, 0.05) is 37.9 Å². The number of aryl methyl sites for hydroxylation is 2. The van der Waals surface area contributed by atoms with Gasteiger partial charge in [-0.15, -0.1) is 0 Å². The van der Waals surface area contributed by atoms with E-state index in [0.29, 0.717) is 29.7 Å². The molecule has 2 aromatic rings. The Balaban J connectivity index is 1.92. The molecule has 0 radical (unpaired) electrons. The first-order chi connectivity index (χ1) is 13.8. The molecule has 1 aromatic heterocycles. The van der Waals surface area contributed by atoms with Gasteiger partial charge >= 0.3 is 6.61 Å². The molecule has 0 aliphatic rings. The van der Waals surface area contributed by atoms with Crippen molar-refractivity contribution in [2.24, 2.45) is 10.9 Å². The third-order valence-electron chi connectivity index (χ3n) is 4.36. The van der Waals surface area contributed by atoms with Gasteiger partial charge in [-0.25, -0.2) is 0 Å². The molecule has 0 aliphatic heterocycles. The van der Waals surface area contributed by atoms with Crippen LogP contribution in [-0.4, -0.2) is 43.1 Å². The minimum atomic E-state index is -2.89. The summed E-state index contributed by atoms with van der Waals surface area (Å²) < 4.78 is 37.0. The van der Waals surface area contributed by atoms with Crippen LogP contribution < -0.4 is 20.1 Å². The summed E-state index contributed by atoms with van der Waals surface area (Å²) in [6.07, 6.45) is 0. The normalized spacial score (nSPS) is 12.8. The van der Waals surface area contributed by atoms with Crippen LogP contribution in [0, 0.1) is 19.8 Å². The molecule has 0 saturated carbocycles. The minimum Gasteiger partial charge on any atom is -0.497 e. The summed E-state index contributed by atoms with van der Waals surface area (Å²) in [7, 11) is 3.17. The number of benzene rings is 1. The molecule has 2 rings (SSSR count). The predicted octanol–water partition coefficient (Wildman–Crippen LogP) is 3.11. The smallest absolute Gasteiger partial charge is 0.387 e. The van der Waals surface area contributed by atoms with Crippen molar-refractivity contribution in [3.8, 4) is 11.5 Å². The molecule has 0 fully saturated rings. The summed E-state index contributed by atoms with van der Waals surface area (Å²) in [5.41, 5.74) is 2.67. The molecule has 1 heterocycles. The fourth-order valence-corrected chi connectivity index (χ4v) is 2.92. The monoisotopic (exact) mass is 409 g/mol. The van der Waals surface area contributed by atoms with E-state index in [-0.39, 0.29) is 12.3 Å². The van der Waals surface area contributed by atoms with Crippen LogP contribution in [0.4, 0.5) is 8.78 Å². The van der Waals surface area contributed by atoms with Crippen molar-refractivity contribution < 1.29 is 18.3 Å². The molecular weight excluding hydrogens is 380 g/mol. The molecule has 29 heavy (non-hydrogen) atoms. The van der Waals surface area contributed by atoms with Crippen LogP contribution in [0.2, 0.25) is 0 Å². The van der Waals surface area contributed by atoms with Crippen molar-refractivity contribution in [3.63, 3.8) is 0 Å². The Kier molecular flexibility index (Phi) is 8.23. The van der Waals surface area contributed by atoms with Crippen molar-refractivity contribution in [1.82, 2.24) is 20.4 Å². The van der Waals surface area contributed by atoms with Gasteiger partial charge in [0.25, 0.3) is 0 Å². The Morgan fingerprint density at radius 3 is 2.59 bits per heavy atom. The van der Waals surface area contributed by atoms with Gasteiger partial charge in [0.2, 0.25) is 0 Å². The van der Waals surface area contributed by atoms with Gasteiger partial charge in [-0.05, 0) is 44.0 Å². The van der Waals surface area contributed by atoms with Crippen LogP contribution in [-0.2, 0) is 13.1 Å². The van der Waals surface area contributed by atoms with Crippen molar-refractivity contribution in [2.45, 2.75) is 40.5 Å². The Morgan fingerprint density at radius 2 is 2.00 bits per heavy atom. The number of hydrogen-bond donors (Lipinski definition) is 2. The molecule has 0 saturated heterocycles. The van der Waals surface area contributed by atoms with Crippen LogP contribution in [0.25, 0.3) is 0 Å². The molecule has 1 aromatic carbocycles. The molecule has 9 heteroatoms. The molecular formula is C20H29F2N5O2. The SMILES string of the molecule is CN=C(NCc1cc(OC)ccc1OC(F)F)NCC(C)Cn1nc(C)cc1C. The second kappa shape index (κ2) is 10.6. The molecule has 0 bridgehead atoms. The Labute approximate surface area is 170 Å². The molecule has 0 amide bonds. The first-order valence-corrected chi connectivity index (χ1v) is 9.39. The zero-order chi connectivity index (χ0) is 21.4. The van der Waals surface area contributed by atoms with Gasteiger partial charge in [0.15, 0.2) is 5.96 Å². The quantitative estimate of drug-likeness (QED) is 0.492. The molecule has 1 atom stereocenters. The van der Waals surface area contributed by atoms with Crippen molar-refractivity contribution in [2.75, 3.05) is 20.7 Å². The van der Waals surface area contributed by atoms with Crippen molar-refractivity contribution in [1.29, 1.82) is 0 Å². The number of rotatable bonds is 9. The summed E-state index contributed by atoms with van der Waals surface area (Å²) in [5, 5.41) is 10.9. The van der Waals surface area contributed by atoms with E-state index in [4.69, 9.17) is 4.74 Å². The topological polar surface area (TPSA) is 72.7 Å². The number of hydrogen-bond acceptors (Lipinski definition) is 4. The van der Waals surface area contributed by atoms with Crippen LogP contribution >= 0.6 is 0 Å². The van der Waals surface area contributed by atoms with Gasteiger partial charge in [0.05, 0.1) is 12.8 Å². The third-order valence-corrected chi connectivity index (χ3v) is 4.36. The number of aromatic nitrogens is 2. The highest BCUT2D eigenvalue weighted by Gasteiger charge is 2.12. The molecule has 0 aliphatic carbocycles. The number of alkyl halides is 2. The van der Waals surface area contributed by atoms with Crippen LogP contribution in [0.3, 0.4) is 0 Å². The highest BCUT2D eigenvalue weighted by molar-refractivity contribution is 5.79. The summed E-state index contributed by atoms with van der Waals surface area (Å²) >= 11 is 0. The zero-order valence-corrected chi connectivity index (χ0v) is 17.5. The number of aliphatic imine (C=N–C) groups is 1. The van der Waals surface area contributed by atoms with E-state index in [1.165, 1.54) is 13.2 Å². The van der Waals surface area contributed by atoms with Gasteiger partial charge in [-0.3, -0.25) is 9.67 Å². The summed E-state index contributed by atoms with van der Waals surface area (Å²) in [4.78, 5) is 4.19. The van der Waals surface area contributed by atoms with E-state index in [9.17, 15) is 8.78 Å². The second-order valence-electron chi connectivity index (χ2n) is 6.87. The number of guanidine groups is 1. The molecule has 160 valence electrons. The fraction of sp³-hybridized carbons (Fsp3) is 0.500. The first kappa shape index (κ1) is 22.4. The van der Waals surface area contributed by atoms with E-state index in [1.54, 1.807) is 19.2 Å². The lowest BCUT2D eigenvalue weighted by Crippen LogP contribution is -2.39. The standard InChI is InChI=1S/C20H29F2N5O2/c1-13(12-27-15(3)8-14(2)26-27)10-24-20(23-4)25-11-16-9-17(28-5)6-7-18(16)29-19(21)22/h6-9,13,19H,10-12H2,1-5H3,(H2,23,24,25). The molecule has 2 N–H and O–H groups in total. The average Bonchev–Trinajstić information content (AvgIpc) is 2.99. The number of methoxy groups -OCH3 is 1. The van der Waals surface area contributed by atoms with Crippen LogP contribution in [0.15, 0.2) is 29.3 Å². The minimum absolute atomic E-state index is 0.0987. The highest BCUT2D eigenvalue weighted by atomic mass is 19.3. The Morgan fingerprint density at radius 1 is 1.24 bits per heavy atom. The van der Waals surface area contributed by atoms with Crippen LogP contribution in [0.1, 0.15) is 23.9 Å². The average molecular weight is 409 g/mol. The van der Waals surface area contributed by atoms with E-state index >= 15 is 0 Å². The third kappa shape index (κ3) is 6.92. The van der Waals surface area contributed by atoms with Crippen LogP contribution in [0.5, 0.6) is 11.5 Å². The second-order valence-corrected chi connectivity index (χ2v) is 6.87. The van der Waals surface area contributed by atoms with Gasteiger partial charge < -0.3 is 20.1 Å². The summed E-state index contributed by atoms with van der Waals surface area (Å²) in [5.74, 6) is 1.53. The Hall–Kier alpha value is -2.84. The Bertz CT molecular complexity index is 823. The number of ether oxygens (including phenoxy) is 2. The van der Waals surface area contributed by atoms with Crippen molar-refractivity contribution >= 4 is 5.96 Å². The summed E-state index contributed by atoms with van der Waals surface area (Å²) in [6.45, 7) is 4.95. The van der Waals surface area contributed by atoms with E-state index in [2.05, 4.69) is 32.4 Å². The largest absolute Gasteiger partial charge is 0.497 e. The molecule has 0 spiro atoms. The maximum absolute atomic E-state index is 12.6. The molecule has 7 nitrogen and oxygen atoms in total. The highest BCUT2D eigenvalue weighted by Crippen LogP contribution is 2.25. The van der Waals surface area contributed by atoms with E-state index in [1.807, 2.05) is 24.6 Å². The maximum atomic E-state index is 12.6. The van der Waals surface area contributed by atoms with Gasteiger partial charge in [0.1, 0.15) is 11.5 Å². The number of halogens is 2.